The Bertz CT molecular complexity index is 503. The molecule has 0 heterocycles. The van der Waals surface area contributed by atoms with E-state index in [1.54, 1.807) is 24.1 Å². The number of nitro groups is 1. The third kappa shape index (κ3) is 5.15. The maximum absolute atomic E-state index is 12.1. The molecular formula is C15H23N3O3. The number of non-ortho nitro benzene ring substituents is 1. The highest BCUT2D eigenvalue weighted by Gasteiger charge is 2.18. The predicted octanol–water partition coefficient (Wildman–Crippen LogP) is 2.50. The summed E-state index contributed by atoms with van der Waals surface area (Å²) in [5, 5.41) is 14.0. The van der Waals surface area contributed by atoms with Crippen molar-refractivity contribution >= 4 is 11.6 Å². The van der Waals surface area contributed by atoms with Crippen molar-refractivity contribution < 1.29 is 9.72 Å². The van der Waals surface area contributed by atoms with Gasteiger partial charge in [-0.15, -0.1) is 0 Å². The third-order valence-corrected chi connectivity index (χ3v) is 3.43. The van der Waals surface area contributed by atoms with Gasteiger partial charge in [-0.2, -0.15) is 0 Å². The number of carbonyl (C=O) groups excluding carboxylic acids is 1. The molecule has 1 unspecified atom stereocenters. The van der Waals surface area contributed by atoms with E-state index < -0.39 is 4.92 Å². The number of nitro benzene ring substituents is 1. The summed E-state index contributed by atoms with van der Waals surface area (Å²) < 4.78 is 0. The largest absolute Gasteiger partial charge is 0.339 e. The first-order valence-electron chi connectivity index (χ1n) is 7.06. The maximum Gasteiger partial charge on any atom is 0.269 e. The third-order valence-electron chi connectivity index (χ3n) is 3.43. The number of rotatable bonds is 7. The Labute approximate surface area is 125 Å². The molecule has 1 aromatic rings. The van der Waals surface area contributed by atoms with Gasteiger partial charge in [-0.1, -0.05) is 26.0 Å². The minimum absolute atomic E-state index is 0.0159. The SMILES string of the molecule is CC(C)NCCC(=O)N(C)C(C)c1cccc([N+](=O)[O-])c1. The van der Waals surface area contributed by atoms with Gasteiger partial charge < -0.3 is 10.2 Å². The van der Waals surface area contributed by atoms with Gasteiger partial charge in [-0.05, 0) is 12.5 Å². The second-order valence-electron chi connectivity index (χ2n) is 5.39. The van der Waals surface area contributed by atoms with E-state index in [1.165, 1.54) is 12.1 Å². The van der Waals surface area contributed by atoms with E-state index in [0.717, 1.165) is 5.56 Å². The number of hydrogen-bond acceptors (Lipinski definition) is 4. The van der Waals surface area contributed by atoms with E-state index >= 15 is 0 Å². The van der Waals surface area contributed by atoms with Crippen molar-refractivity contribution in [1.82, 2.24) is 10.2 Å². The fourth-order valence-electron chi connectivity index (χ4n) is 1.98. The van der Waals surface area contributed by atoms with E-state index in [1.807, 2.05) is 20.8 Å². The zero-order chi connectivity index (χ0) is 16.0. The van der Waals surface area contributed by atoms with Crippen molar-refractivity contribution in [3.8, 4) is 0 Å². The summed E-state index contributed by atoms with van der Waals surface area (Å²) in [6, 6.07) is 6.55. The molecule has 1 aromatic carbocycles. The summed E-state index contributed by atoms with van der Waals surface area (Å²) >= 11 is 0. The van der Waals surface area contributed by atoms with Crippen LogP contribution >= 0.6 is 0 Å². The Morgan fingerprint density at radius 1 is 1.38 bits per heavy atom. The molecule has 116 valence electrons. The molecule has 21 heavy (non-hydrogen) atoms. The van der Waals surface area contributed by atoms with Crippen LogP contribution in [0.15, 0.2) is 24.3 Å². The smallest absolute Gasteiger partial charge is 0.269 e. The van der Waals surface area contributed by atoms with Crippen LogP contribution in [0.1, 0.15) is 38.8 Å². The van der Waals surface area contributed by atoms with Crippen LogP contribution < -0.4 is 5.32 Å². The second-order valence-corrected chi connectivity index (χ2v) is 5.39. The van der Waals surface area contributed by atoms with Gasteiger partial charge in [0.15, 0.2) is 0 Å². The molecule has 1 atom stereocenters. The molecule has 0 aliphatic rings. The summed E-state index contributed by atoms with van der Waals surface area (Å²) in [7, 11) is 1.72. The molecule has 0 aliphatic carbocycles. The first-order valence-corrected chi connectivity index (χ1v) is 7.06. The van der Waals surface area contributed by atoms with E-state index in [9.17, 15) is 14.9 Å². The van der Waals surface area contributed by atoms with Crippen LogP contribution in [0.4, 0.5) is 5.69 Å². The molecule has 6 heteroatoms. The van der Waals surface area contributed by atoms with Crippen LogP contribution in [-0.2, 0) is 4.79 Å². The van der Waals surface area contributed by atoms with Crippen molar-refractivity contribution in [3.63, 3.8) is 0 Å². The molecule has 0 aromatic heterocycles. The van der Waals surface area contributed by atoms with Crippen LogP contribution in [0.25, 0.3) is 0 Å². The average Bonchev–Trinajstić information content (AvgIpc) is 2.45. The van der Waals surface area contributed by atoms with Crippen LogP contribution in [0.3, 0.4) is 0 Å². The highest BCUT2D eigenvalue weighted by Crippen LogP contribution is 2.23. The number of hydrogen-bond donors (Lipinski definition) is 1. The van der Waals surface area contributed by atoms with Gasteiger partial charge in [-0.25, -0.2) is 0 Å². The molecule has 0 saturated heterocycles. The maximum atomic E-state index is 12.1. The summed E-state index contributed by atoms with van der Waals surface area (Å²) in [5.41, 5.74) is 0.804. The van der Waals surface area contributed by atoms with Crippen LogP contribution in [-0.4, -0.2) is 35.4 Å². The molecule has 0 fully saturated rings. The van der Waals surface area contributed by atoms with Crippen molar-refractivity contribution in [3.05, 3.63) is 39.9 Å². The number of nitrogens with one attached hydrogen (secondary N) is 1. The molecule has 0 spiro atoms. The average molecular weight is 293 g/mol. The quantitative estimate of drug-likeness (QED) is 0.619. The molecule has 0 radical (unpaired) electrons. The van der Waals surface area contributed by atoms with E-state index in [0.29, 0.717) is 19.0 Å². The van der Waals surface area contributed by atoms with Crippen molar-refractivity contribution in [2.24, 2.45) is 0 Å². The van der Waals surface area contributed by atoms with Gasteiger partial charge in [0.05, 0.1) is 11.0 Å². The highest BCUT2D eigenvalue weighted by atomic mass is 16.6. The zero-order valence-corrected chi connectivity index (χ0v) is 13.0. The number of benzene rings is 1. The summed E-state index contributed by atoms with van der Waals surface area (Å²) in [6.45, 7) is 6.55. The Kier molecular flexibility index (Phi) is 6.30. The predicted molar refractivity (Wildman–Crippen MR) is 82.0 cm³/mol. The van der Waals surface area contributed by atoms with Crippen LogP contribution in [0.2, 0.25) is 0 Å². The number of amides is 1. The van der Waals surface area contributed by atoms with Crippen LogP contribution in [0, 0.1) is 10.1 Å². The summed E-state index contributed by atoms with van der Waals surface area (Å²) in [6.07, 6.45) is 0.411. The second kappa shape index (κ2) is 7.73. The monoisotopic (exact) mass is 293 g/mol. The van der Waals surface area contributed by atoms with Gasteiger partial charge in [0.2, 0.25) is 5.91 Å². The lowest BCUT2D eigenvalue weighted by Crippen LogP contribution is -2.33. The number of carbonyl (C=O) groups is 1. The topological polar surface area (TPSA) is 75.5 Å². The van der Waals surface area contributed by atoms with Crippen LogP contribution in [0.5, 0.6) is 0 Å². The molecule has 6 nitrogen and oxygen atoms in total. The fourth-order valence-corrected chi connectivity index (χ4v) is 1.98. The standard InChI is InChI=1S/C15H23N3O3/c1-11(2)16-9-8-15(19)17(4)12(3)13-6-5-7-14(10-13)18(20)21/h5-7,10-12,16H,8-9H2,1-4H3. The Hall–Kier alpha value is -1.95. The van der Waals surface area contributed by atoms with Crippen molar-refractivity contribution in [1.29, 1.82) is 0 Å². The van der Waals surface area contributed by atoms with Gasteiger partial charge in [-0.3, -0.25) is 14.9 Å². The summed E-state index contributed by atoms with van der Waals surface area (Å²) in [4.78, 5) is 24.1. The van der Waals surface area contributed by atoms with Gasteiger partial charge in [0.1, 0.15) is 0 Å². The van der Waals surface area contributed by atoms with Crippen molar-refractivity contribution in [2.45, 2.75) is 39.3 Å². The van der Waals surface area contributed by atoms with Gasteiger partial charge in [0.25, 0.3) is 5.69 Å². The Balaban J connectivity index is 2.68. The fraction of sp³-hybridized carbons (Fsp3) is 0.533. The molecular weight excluding hydrogens is 270 g/mol. The van der Waals surface area contributed by atoms with E-state index in [4.69, 9.17) is 0 Å². The molecule has 1 N–H and O–H groups in total. The first kappa shape index (κ1) is 17.1. The normalized spacial score (nSPS) is 12.2. The Morgan fingerprint density at radius 2 is 2.05 bits per heavy atom. The minimum Gasteiger partial charge on any atom is -0.339 e. The lowest BCUT2D eigenvalue weighted by molar-refractivity contribution is -0.384. The van der Waals surface area contributed by atoms with Gasteiger partial charge >= 0.3 is 0 Å². The molecule has 0 aliphatic heterocycles. The van der Waals surface area contributed by atoms with E-state index in [2.05, 4.69) is 5.32 Å². The molecule has 0 bridgehead atoms. The zero-order valence-electron chi connectivity index (χ0n) is 13.0. The Morgan fingerprint density at radius 3 is 2.62 bits per heavy atom. The summed E-state index contributed by atoms with van der Waals surface area (Å²) in [5.74, 6) is 0.0159. The molecule has 1 rings (SSSR count). The van der Waals surface area contributed by atoms with Crippen molar-refractivity contribution in [2.75, 3.05) is 13.6 Å². The first-order chi connectivity index (χ1) is 9.82. The number of nitrogens with zero attached hydrogens (tertiary/aromatic N) is 2. The molecule has 1 amide bonds. The van der Waals surface area contributed by atoms with Gasteiger partial charge in [0, 0.05) is 38.2 Å². The minimum atomic E-state index is -0.426. The lowest BCUT2D eigenvalue weighted by Gasteiger charge is -2.25. The molecule has 0 saturated carbocycles. The lowest BCUT2D eigenvalue weighted by atomic mass is 10.1. The highest BCUT2D eigenvalue weighted by molar-refractivity contribution is 5.76. The van der Waals surface area contributed by atoms with E-state index in [-0.39, 0.29) is 17.6 Å².